The maximum Gasteiger partial charge on any atom is 0.263 e. The molecule has 0 spiro atoms. The molecule has 1 N–H and O–H groups in total. The summed E-state index contributed by atoms with van der Waals surface area (Å²) >= 11 is 0. The largest absolute Gasteiger partial charge is 0.484 e. The van der Waals surface area contributed by atoms with E-state index in [1.54, 1.807) is 30.5 Å². The minimum absolute atomic E-state index is 0.0801. The van der Waals surface area contributed by atoms with E-state index in [0.717, 1.165) is 12.0 Å². The average Bonchev–Trinajstić information content (AvgIpc) is 2.60. The van der Waals surface area contributed by atoms with E-state index < -0.39 is 0 Å². The van der Waals surface area contributed by atoms with Gasteiger partial charge in [-0.3, -0.25) is 9.59 Å². The Bertz CT molecular complexity index is 681. The second-order valence-electron chi connectivity index (χ2n) is 5.00. The third kappa shape index (κ3) is 4.64. The molecular formula is C18H20N2O3. The lowest BCUT2D eigenvalue weighted by Crippen LogP contribution is -2.21. The molecule has 1 aromatic heterocycles. The summed E-state index contributed by atoms with van der Waals surface area (Å²) in [5.41, 5.74) is 1.62. The molecule has 0 saturated carbocycles. The van der Waals surface area contributed by atoms with Gasteiger partial charge in [0, 0.05) is 18.2 Å². The van der Waals surface area contributed by atoms with Crippen LogP contribution in [0, 0.1) is 0 Å². The number of anilines is 1. The van der Waals surface area contributed by atoms with Gasteiger partial charge >= 0.3 is 0 Å². The van der Waals surface area contributed by atoms with Crippen molar-refractivity contribution < 1.29 is 14.3 Å². The number of hydrogen-bond donors (Lipinski definition) is 1. The molecule has 1 aromatic carbocycles. The van der Waals surface area contributed by atoms with Crippen LogP contribution in [0.5, 0.6) is 5.75 Å². The van der Waals surface area contributed by atoms with Gasteiger partial charge in [0.2, 0.25) is 0 Å². The zero-order valence-corrected chi connectivity index (χ0v) is 13.3. The van der Waals surface area contributed by atoms with Crippen molar-refractivity contribution in [2.75, 3.05) is 11.9 Å². The van der Waals surface area contributed by atoms with Crippen LogP contribution in [0.25, 0.3) is 0 Å². The first kappa shape index (κ1) is 16.7. The number of aromatic nitrogens is 1. The van der Waals surface area contributed by atoms with Crippen molar-refractivity contribution in [2.24, 2.45) is 0 Å². The number of nitrogens with one attached hydrogen (secondary N) is 1. The Kier molecular flexibility index (Phi) is 5.86. The van der Waals surface area contributed by atoms with Gasteiger partial charge in [-0.25, -0.2) is 4.98 Å². The number of nitrogens with zero attached hydrogens (tertiary/aromatic N) is 1. The van der Waals surface area contributed by atoms with Crippen LogP contribution in [0.1, 0.15) is 36.2 Å². The van der Waals surface area contributed by atoms with E-state index in [9.17, 15) is 9.59 Å². The highest BCUT2D eigenvalue weighted by molar-refractivity contribution is 5.96. The van der Waals surface area contributed by atoms with Crippen LogP contribution in [0.2, 0.25) is 0 Å². The van der Waals surface area contributed by atoms with Gasteiger partial charge in [-0.05, 0) is 42.3 Å². The monoisotopic (exact) mass is 312 g/mol. The lowest BCUT2D eigenvalue weighted by molar-refractivity contribution is -0.118. The topological polar surface area (TPSA) is 68.3 Å². The van der Waals surface area contributed by atoms with Crippen LogP contribution in [0.15, 0.2) is 42.6 Å². The number of ketones is 1. The Morgan fingerprint density at radius 2 is 1.87 bits per heavy atom. The number of pyridine rings is 1. The second kappa shape index (κ2) is 8.08. The fourth-order valence-corrected chi connectivity index (χ4v) is 2.09. The molecule has 0 aliphatic carbocycles. The summed E-state index contributed by atoms with van der Waals surface area (Å²) in [6.07, 6.45) is 2.89. The highest BCUT2D eigenvalue weighted by atomic mass is 16.5. The van der Waals surface area contributed by atoms with Gasteiger partial charge in [-0.2, -0.15) is 0 Å². The SMILES string of the molecule is CCC(=O)c1ccc(OCC(=O)Nc2ncccc2CC)cc1. The Balaban J connectivity index is 1.90. The molecule has 0 atom stereocenters. The molecular weight excluding hydrogens is 292 g/mol. The molecule has 120 valence electrons. The van der Waals surface area contributed by atoms with Crippen molar-refractivity contribution in [1.82, 2.24) is 4.98 Å². The lowest BCUT2D eigenvalue weighted by Gasteiger charge is -2.09. The summed E-state index contributed by atoms with van der Waals surface area (Å²) < 4.78 is 5.43. The number of carbonyl (C=O) groups is 2. The number of hydrogen-bond acceptors (Lipinski definition) is 4. The van der Waals surface area contributed by atoms with Crippen molar-refractivity contribution in [1.29, 1.82) is 0 Å². The number of carbonyl (C=O) groups excluding carboxylic acids is 2. The molecule has 0 unspecified atom stereocenters. The van der Waals surface area contributed by atoms with Gasteiger partial charge in [0.15, 0.2) is 12.4 Å². The van der Waals surface area contributed by atoms with E-state index in [-0.39, 0.29) is 18.3 Å². The Morgan fingerprint density at radius 3 is 2.52 bits per heavy atom. The van der Waals surface area contributed by atoms with Crippen molar-refractivity contribution in [3.8, 4) is 5.75 Å². The van der Waals surface area contributed by atoms with E-state index in [1.165, 1.54) is 0 Å². The molecule has 5 heteroatoms. The quantitative estimate of drug-likeness (QED) is 0.797. The molecule has 0 saturated heterocycles. The molecule has 0 aliphatic heterocycles. The molecule has 0 fully saturated rings. The fourth-order valence-electron chi connectivity index (χ4n) is 2.09. The Morgan fingerprint density at radius 1 is 1.13 bits per heavy atom. The van der Waals surface area contributed by atoms with Crippen LogP contribution >= 0.6 is 0 Å². The van der Waals surface area contributed by atoms with Crippen LogP contribution in [0.4, 0.5) is 5.82 Å². The summed E-state index contributed by atoms with van der Waals surface area (Å²) in [5.74, 6) is 0.917. The van der Waals surface area contributed by atoms with Gasteiger partial charge in [0.05, 0.1) is 0 Å². The Hall–Kier alpha value is -2.69. The number of Topliss-reactive ketones (excluding diaryl/α,β-unsaturated/α-hetero) is 1. The molecule has 2 rings (SSSR count). The van der Waals surface area contributed by atoms with Crippen molar-refractivity contribution >= 4 is 17.5 Å². The maximum atomic E-state index is 11.9. The number of benzene rings is 1. The lowest BCUT2D eigenvalue weighted by atomic mass is 10.1. The highest BCUT2D eigenvalue weighted by Gasteiger charge is 2.08. The normalized spacial score (nSPS) is 10.2. The molecule has 23 heavy (non-hydrogen) atoms. The summed E-state index contributed by atoms with van der Waals surface area (Å²) in [7, 11) is 0. The standard InChI is InChI=1S/C18H20N2O3/c1-3-13-6-5-11-19-18(13)20-17(22)12-23-15-9-7-14(8-10-15)16(21)4-2/h5-11H,3-4,12H2,1-2H3,(H,19,20,22). The van der Waals surface area contributed by atoms with E-state index in [4.69, 9.17) is 4.74 Å². The van der Waals surface area contributed by atoms with Crippen LogP contribution in [-0.4, -0.2) is 23.3 Å². The molecule has 0 radical (unpaired) electrons. The van der Waals surface area contributed by atoms with Crippen molar-refractivity contribution in [2.45, 2.75) is 26.7 Å². The molecule has 2 aromatic rings. The van der Waals surface area contributed by atoms with E-state index in [2.05, 4.69) is 10.3 Å². The van der Waals surface area contributed by atoms with E-state index in [1.807, 2.05) is 26.0 Å². The number of aryl methyl sites for hydroxylation is 1. The van der Waals surface area contributed by atoms with Gasteiger partial charge in [0.25, 0.3) is 5.91 Å². The Labute approximate surface area is 135 Å². The summed E-state index contributed by atoms with van der Waals surface area (Å²) in [4.78, 5) is 27.6. The summed E-state index contributed by atoms with van der Waals surface area (Å²) in [6, 6.07) is 10.5. The van der Waals surface area contributed by atoms with Crippen molar-refractivity contribution in [3.63, 3.8) is 0 Å². The maximum absolute atomic E-state index is 11.9. The van der Waals surface area contributed by atoms with Gasteiger partial charge in [-0.15, -0.1) is 0 Å². The fraction of sp³-hybridized carbons (Fsp3) is 0.278. The van der Waals surface area contributed by atoms with Crippen LogP contribution < -0.4 is 10.1 Å². The minimum atomic E-state index is -0.271. The first-order valence-corrected chi connectivity index (χ1v) is 7.63. The average molecular weight is 312 g/mol. The molecule has 1 amide bonds. The molecule has 5 nitrogen and oxygen atoms in total. The number of rotatable bonds is 7. The third-order valence-corrected chi connectivity index (χ3v) is 3.40. The number of ether oxygens (including phenoxy) is 1. The van der Waals surface area contributed by atoms with Gasteiger partial charge in [-0.1, -0.05) is 19.9 Å². The minimum Gasteiger partial charge on any atom is -0.484 e. The summed E-state index contributed by atoms with van der Waals surface area (Å²) in [5, 5.41) is 2.74. The first-order chi connectivity index (χ1) is 11.1. The second-order valence-corrected chi connectivity index (χ2v) is 5.00. The van der Waals surface area contributed by atoms with Gasteiger partial charge < -0.3 is 10.1 Å². The van der Waals surface area contributed by atoms with Crippen molar-refractivity contribution in [3.05, 3.63) is 53.7 Å². The smallest absolute Gasteiger partial charge is 0.263 e. The summed E-state index contributed by atoms with van der Waals surface area (Å²) in [6.45, 7) is 3.71. The van der Waals surface area contributed by atoms with Gasteiger partial charge in [0.1, 0.15) is 11.6 Å². The van der Waals surface area contributed by atoms with Crippen LogP contribution in [0.3, 0.4) is 0 Å². The van der Waals surface area contributed by atoms with E-state index in [0.29, 0.717) is 23.6 Å². The zero-order valence-electron chi connectivity index (χ0n) is 13.3. The number of amides is 1. The molecule has 0 aliphatic rings. The predicted molar refractivity (Wildman–Crippen MR) is 88.8 cm³/mol. The molecule has 0 bridgehead atoms. The predicted octanol–water partition coefficient (Wildman–Crippen LogP) is 3.25. The molecule has 1 heterocycles. The first-order valence-electron chi connectivity index (χ1n) is 7.63. The van der Waals surface area contributed by atoms with Crippen LogP contribution in [-0.2, 0) is 11.2 Å². The highest BCUT2D eigenvalue weighted by Crippen LogP contribution is 2.14. The van der Waals surface area contributed by atoms with E-state index >= 15 is 0 Å². The zero-order chi connectivity index (χ0) is 16.7. The third-order valence-electron chi connectivity index (χ3n) is 3.40.